The normalized spacial score (nSPS) is 18.9. The summed E-state index contributed by atoms with van der Waals surface area (Å²) in [5.41, 5.74) is 1.43. The van der Waals surface area contributed by atoms with Gasteiger partial charge in [-0.1, -0.05) is 48.0 Å². The first-order valence-electron chi connectivity index (χ1n) is 10.2. The van der Waals surface area contributed by atoms with Crippen molar-refractivity contribution in [2.24, 2.45) is 0 Å². The third-order valence-electron chi connectivity index (χ3n) is 5.93. The molecule has 1 heterocycles. The van der Waals surface area contributed by atoms with Crippen LogP contribution in [0.4, 0.5) is 0 Å². The fraction of sp³-hybridized carbons (Fsp3) is 0.292. The minimum absolute atomic E-state index is 0.0534. The molecule has 0 bridgehead atoms. The molecule has 1 atom stereocenters. The topological polar surface area (TPSA) is 55.2 Å². The Bertz CT molecular complexity index is 1060. The Labute approximate surface area is 181 Å². The molecular formula is C24H24ClN3O2. The average Bonchev–Trinajstić information content (AvgIpc) is 3.23. The van der Waals surface area contributed by atoms with Crippen molar-refractivity contribution in [1.82, 2.24) is 14.7 Å². The summed E-state index contributed by atoms with van der Waals surface area (Å²) in [6, 6.07) is 17.1. The van der Waals surface area contributed by atoms with Crippen LogP contribution in [0.2, 0.25) is 5.02 Å². The molecule has 4 rings (SSSR count). The lowest BCUT2D eigenvalue weighted by molar-refractivity contribution is -0.147. The van der Waals surface area contributed by atoms with E-state index in [4.69, 9.17) is 11.6 Å². The average molecular weight is 422 g/mol. The van der Waals surface area contributed by atoms with Gasteiger partial charge in [0.2, 0.25) is 5.91 Å². The van der Waals surface area contributed by atoms with Crippen molar-refractivity contribution in [2.45, 2.75) is 37.6 Å². The van der Waals surface area contributed by atoms with Gasteiger partial charge in [-0.25, -0.2) is 4.68 Å². The van der Waals surface area contributed by atoms with Crippen molar-refractivity contribution < 1.29 is 9.59 Å². The summed E-state index contributed by atoms with van der Waals surface area (Å²) in [7, 11) is 1.72. The lowest BCUT2D eigenvalue weighted by Gasteiger charge is -2.44. The molecule has 5 nitrogen and oxygen atoms in total. The zero-order valence-corrected chi connectivity index (χ0v) is 17.7. The second-order valence-corrected chi connectivity index (χ2v) is 8.14. The van der Waals surface area contributed by atoms with Gasteiger partial charge in [-0.2, -0.15) is 5.10 Å². The Balaban J connectivity index is 1.62. The number of hydrogen-bond donors (Lipinski definition) is 0. The highest BCUT2D eigenvalue weighted by atomic mass is 35.5. The van der Waals surface area contributed by atoms with E-state index in [-0.39, 0.29) is 18.1 Å². The largest absolute Gasteiger partial charge is 0.329 e. The number of likely N-dealkylation sites (N-methyl/N-ethyl adjacent to an activating group) is 1. The summed E-state index contributed by atoms with van der Waals surface area (Å²) in [6.45, 7) is 0. The summed E-state index contributed by atoms with van der Waals surface area (Å²) in [5.74, 6) is -0.0736. The number of ketones is 1. The van der Waals surface area contributed by atoms with Crippen molar-refractivity contribution >= 4 is 23.3 Å². The lowest BCUT2D eigenvalue weighted by Crippen LogP contribution is -2.54. The molecule has 3 aromatic rings. The molecule has 1 amide bonds. The smallest absolute Gasteiger partial charge is 0.227 e. The van der Waals surface area contributed by atoms with Crippen LogP contribution in [-0.2, 0) is 21.5 Å². The van der Waals surface area contributed by atoms with Crippen LogP contribution >= 0.6 is 11.6 Å². The molecule has 0 aliphatic heterocycles. The molecule has 1 saturated carbocycles. The van der Waals surface area contributed by atoms with Crippen molar-refractivity contribution in [2.75, 3.05) is 7.05 Å². The van der Waals surface area contributed by atoms with E-state index >= 15 is 0 Å². The van der Waals surface area contributed by atoms with Crippen molar-refractivity contribution in [3.05, 3.63) is 83.1 Å². The number of carbonyl (C=O) groups is 2. The number of Topliss-reactive ketones (excluding diaryl/α,β-unsaturated/α-hetero) is 1. The zero-order valence-electron chi connectivity index (χ0n) is 16.9. The van der Waals surface area contributed by atoms with E-state index in [1.807, 2.05) is 54.7 Å². The number of benzene rings is 2. The Morgan fingerprint density at radius 1 is 1.13 bits per heavy atom. The predicted molar refractivity (Wildman–Crippen MR) is 117 cm³/mol. The molecule has 6 heteroatoms. The highest BCUT2D eigenvalue weighted by molar-refractivity contribution is 6.31. The fourth-order valence-corrected chi connectivity index (χ4v) is 4.60. The second-order valence-electron chi connectivity index (χ2n) is 7.73. The van der Waals surface area contributed by atoms with Crippen molar-refractivity contribution in [3.8, 4) is 5.69 Å². The molecule has 1 aliphatic rings. The number of aromatic nitrogens is 2. The maximum Gasteiger partial charge on any atom is 0.227 e. The lowest BCUT2D eigenvalue weighted by atomic mass is 9.74. The van der Waals surface area contributed by atoms with Crippen molar-refractivity contribution in [3.63, 3.8) is 0 Å². The molecule has 0 radical (unpaired) electrons. The van der Waals surface area contributed by atoms with Gasteiger partial charge in [0.05, 0.1) is 18.3 Å². The van der Waals surface area contributed by atoms with E-state index in [0.29, 0.717) is 23.4 Å². The molecule has 1 fully saturated rings. The molecule has 30 heavy (non-hydrogen) atoms. The van der Waals surface area contributed by atoms with Crippen LogP contribution in [-0.4, -0.2) is 33.4 Å². The molecule has 0 spiro atoms. The van der Waals surface area contributed by atoms with Crippen LogP contribution in [0.3, 0.4) is 0 Å². The first-order chi connectivity index (χ1) is 14.5. The van der Waals surface area contributed by atoms with E-state index in [9.17, 15) is 9.59 Å². The molecule has 154 valence electrons. The summed E-state index contributed by atoms with van der Waals surface area (Å²) < 4.78 is 1.75. The Morgan fingerprint density at radius 3 is 2.60 bits per heavy atom. The monoisotopic (exact) mass is 421 g/mol. The SMILES string of the molecule is CN(C(=O)Cc1cnn(-c2ccccc2)c1)C1(c2ccccc2Cl)CCCCC1=O. The van der Waals surface area contributed by atoms with Crippen LogP contribution in [0.15, 0.2) is 67.0 Å². The van der Waals surface area contributed by atoms with Gasteiger partial charge in [0.1, 0.15) is 5.54 Å². The maximum atomic E-state index is 13.3. The van der Waals surface area contributed by atoms with Gasteiger partial charge in [-0.05, 0) is 43.0 Å². The fourth-order valence-electron chi connectivity index (χ4n) is 4.31. The number of halogens is 1. The second kappa shape index (κ2) is 8.44. The van der Waals surface area contributed by atoms with Crippen LogP contribution in [0.1, 0.15) is 36.8 Å². The quantitative estimate of drug-likeness (QED) is 0.606. The summed E-state index contributed by atoms with van der Waals surface area (Å²) in [6.07, 6.45) is 6.48. The first kappa shape index (κ1) is 20.4. The van der Waals surface area contributed by atoms with Gasteiger partial charge in [-0.15, -0.1) is 0 Å². The van der Waals surface area contributed by atoms with Gasteiger partial charge < -0.3 is 4.90 Å². The summed E-state index contributed by atoms with van der Waals surface area (Å²) >= 11 is 6.49. The van der Waals surface area contributed by atoms with Gasteiger partial charge in [0, 0.05) is 30.3 Å². The predicted octanol–water partition coefficient (Wildman–Crippen LogP) is 4.57. The van der Waals surface area contributed by atoms with E-state index in [1.54, 1.807) is 28.9 Å². The van der Waals surface area contributed by atoms with E-state index < -0.39 is 5.54 Å². The van der Waals surface area contributed by atoms with E-state index in [1.165, 1.54) is 0 Å². The van der Waals surface area contributed by atoms with Gasteiger partial charge in [0.15, 0.2) is 5.78 Å². The standard InChI is InChI=1S/C24H24ClN3O2/c1-27(23(30)15-18-16-26-28(17-18)19-9-3-2-4-10-19)24(14-8-7-13-22(24)29)20-11-5-6-12-21(20)25/h2-6,9-12,16-17H,7-8,13-15H2,1H3. The maximum absolute atomic E-state index is 13.3. The number of carbonyl (C=O) groups excluding carboxylic acids is 2. The number of amides is 1. The number of hydrogen-bond acceptors (Lipinski definition) is 3. The first-order valence-corrected chi connectivity index (χ1v) is 10.5. The molecule has 1 unspecified atom stereocenters. The van der Waals surface area contributed by atoms with E-state index in [0.717, 1.165) is 24.1 Å². The number of nitrogens with zero attached hydrogens (tertiary/aromatic N) is 3. The van der Waals surface area contributed by atoms with Crippen molar-refractivity contribution in [1.29, 1.82) is 0 Å². The van der Waals surface area contributed by atoms with Crippen LogP contribution in [0.25, 0.3) is 5.69 Å². The Kier molecular flexibility index (Phi) is 5.73. The Hall–Kier alpha value is -2.92. The number of para-hydroxylation sites is 1. The molecule has 2 aromatic carbocycles. The van der Waals surface area contributed by atoms with E-state index in [2.05, 4.69) is 5.10 Å². The van der Waals surface area contributed by atoms with Gasteiger partial charge >= 0.3 is 0 Å². The molecule has 0 saturated heterocycles. The summed E-state index contributed by atoms with van der Waals surface area (Å²) in [5, 5.41) is 4.89. The third kappa shape index (κ3) is 3.65. The molecular weight excluding hydrogens is 398 g/mol. The van der Waals surface area contributed by atoms with Crippen LogP contribution < -0.4 is 0 Å². The molecule has 1 aromatic heterocycles. The number of rotatable bonds is 5. The summed E-state index contributed by atoms with van der Waals surface area (Å²) in [4.78, 5) is 28.1. The zero-order chi connectivity index (χ0) is 21.1. The van der Waals surface area contributed by atoms with Gasteiger partial charge in [-0.3, -0.25) is 9.59 Å². The van der Waals surface area contributed by atoms with Crippen LogP contribution in [0, 0.1) is 0 Å². The highest BCUT2D eigenvalue weighted by Gasteiger charge is 2.47. The van der Waals surface area contributed by atoms with Crippen LogP contribution in [0.5, 0.6) is 0 Å². The minimum atomic E-state index is -1.01. The minimum Gasteiger partial charge on any atom is -0.329 e. The Morgan fingerprint density at radius 2 is 1.87 bits per heavy atom. The third-order valence-corrected chi connectivity index (χ3v) is 6.26. The highest BCUT2D eigenvalue weighted by Crippen LogP contribution is 2.42. The van der Waals surface area contributed by atoms with Gasteiger partial charge in [0.25, 0.3) is 0 Å². The molecule has 0 N–H and O–H groups in total. The molecule has 1 aliphatic carbocycles.